The van der Waals surface area contributed by atoms with E-state index >= 15 is 0 Å². The molecule has 0 spiro atoms. The number of carbonyl (C=O) groups excluding carboxylic acids is 2. The summed E-state index contributed by atoms with van der Waals surface area (Å²) in [5, 5.41) is 31.0. The van der Waals surface area contributed by atoms with Gasteiger partial charge in [0.25, 0.3) is 5.91 Å². The summed E-state index contributed by atoms with van der Waals surface area (Å²) in [6.45, 7) is 1.31. The minimum atomic E-state index is -1.07. The van der Waals surface area contributed by atoms with E-state index < -0.39 is 35.7 Å². The van der Waals surface area contributed by atoms with Crippen molar-refractivity contribution in [1.82, 2.24) is 25.6 Å². The Kier molecular flexibility index (Phi) is 9.40. The van der Waals surface area contributed by atoms with Crippen molar-refractivity contribution in [2.75, 3.05) is 6.61 Å². The largest absolute Gasteiger partial charge is 0.480 e. The molecule has 0 saturated carbocycles. The molecule has 2 aromatic carbocycles. The Morgan fingerprint density at radius 1 is 1.19 bits per heavy atom. The highest BCUT2D eigenvalue weighted by Gasteiger charge is 2.24. The molecule has 0 radical (unpaired) electrons. The van der Waals surface area contributed by atoms with Gasteiger partial charge >= 0.3 is 5.97 Å². The van der Waals surface area contributed by atoms with Crippen LogP contribution >= 0.6 is 0 Å². The van der Waals surface area contributed by atoms with Crippen LogP contribution in [0.4, 0.5) is 4.39 Å². The van der Waals surface area contributed by atoms with Crippen LogP contribution in [0.1, 0.15) is 27.2 Å². The van der Waals surface area contributed by atoms with E-state index in [4.69, 9.17) is 9.84 Å². The number of aryl methyl sites for hydroxylation is 1. The molecule has 0 fully saturated rings. The number of nitrogens with one attached hydrogen (secondary N) is 2. The number of carbonyl (C=O) groups is 3. The lowest BCUT2D eigenvalue weighted by Crippen LogP contribution is -2.51. The highest BCUT2D eigenvalue weighted by Crippen LogP contribution is 2.09. The number of nitriles is 1. The molecule has 0 aliphatic rings. The highest BCUT2D eigenvalue weighted by molar-refractivity contribution is 5.97. The number of aliphatic carboxylic acids is 1. The molecule has 11 nitrogen and oxygen atoms in total. The molecule has 3 aromatic rings. The van der Waals surface area contributed by atoms with Crippen LogP contribution in [0.3, 0.4) is 0 Å². The standard InChI is InChI=1S/C25H25FN6O5/c1-16-3-2-4-17(9-16)10-22(29-24(35)18-5-7-19(26)8-6-18)25(36)28-20(11-27)14-37-15-21-12-32(31-30-21)13-23(33)34/h2-9,12,20,22H,10,13-15H2,1H3,(H,28,36)(H,29,35)(H,33,34)/t20-,22+/m1/s1. The Morgan fingerprint density at radius 2 is 1.95 bits per heavy atom. The Balaban J connectivity index is 1.63. The van der Waals surface area contributed by atoms with Gasteiger partial charge in [0.1, 0.15) is 30.1 Å². The number of halogens is 1. The van der Waals surface area contributed by atoms with Gasteiger partial charge in [-0.2, -0.15) is 5.26 Å². The first-order valence-electron chi connectivity index (χ1n) is 11.2. The van der Waals surface area contributed by atoms with E-state index in [9.17, 15) is 24.0 Å². The first-order chi connectivity index (χ1) is 17.7. The quantitative estimate of drug-likeness (QED) is 0.331. The summed E-state index contributed by atoms with van der Waals surface area (Å²) in [6.07, 6.45) is 1.56. The van der Waals surface area contributed by atoms with Gasteiger partial charge in [-0.15, -0.1) is 5.10 Å². The van der Waals surface area contributed by atoms with E-state index in [1.807, 2.05) is 37.3 Å². The Hall–Kier alpha value is -4.63. The molecule has 0 bridgehead atoms. The smallest absolute Gasteiger partial charge is 0.325 e. The fraction of sp³-hybridized carbons (Fsp3) is 0.280. The normalized spacial score (nSPS) is 12.2. The average Bonchev–Trinajstić information content (AvgIpc) is 3.29. The van der Waals surface area contributed by atoms with Crippen molar-refractivity contribution in [3.63, 3.8) is 0 Å². The van der Waals surface area contributed by atoms with Gasteiger partial charge in [-0.3, -0.25) is 14.4 Å². The number of hydrogen-bond donors (Lipinski definition) is 3. The minimum Gasteiger partial charge on any atom is -0.480 e. The van der Waals surface area contributed by atoms with Crippen molar-refractivity contribution in [1.29, 1.82) is 5.26 Å². The third-order valence-corrected chi connectivity index (χ3v) is 5.14. The molecule has 0 aliphatic carbocycles. The molecule has 12 heteroatoms. The van der Waals surface area contributed by atoms with E-state index in [1.54, 1.807) is 0 Å². The molecule has 2 atom stereocenters. The van der Waals surface area contributed by atoms with Crippen LogP contribution < -0.4 is 10.6 Å². The summed E-state index contributed by atoms with van der Waals surface area (Å²) >= 11 is 0. The zero-order valence-electron chi connectivity index (χ0n) is 19.9. The lowest BCUT2D eigenvalue weighted by Gasteiger charge is -2.21. The summed E-state index contributed by atoms with van der Waals surface area (Å²) in [5.41, 5.74) is 2.31. The van der Waals surface area contributed by atoms with Gasteiger partial charge in [-0.05, 0) is 36.8 Å². The molecule has 37 heavy (non-hydrogen) atoms. The third kappa shape index (κ3) is 8.52. The van der Waals surface area contributed by atoms with E-state index in [0.29, 0.717) is 5.69 Å². The second-order valence-corrected chi connectivity index (χ2v) is 8.23. The van der Waals surface area contributed by atoms with E-state index in [1.165, 1.54) is 18.3 Å². The van der Waals surface area contributed by atoms with Crippen LogP contribution in [0.15, 0.2) is 54.7 Å². The lowest BCUT2D eigenvalue weighted by molar-refractivity contribution is -0.138. The maximum Gasteiger partial charge on any atom is 0.325 e. The summed E-state index contributed by atoms with van der Waals surface area (Å²) in [6, 6.07) is 12.2. The molecule has 0 saturated heterocycles. The molecule has 1 heterocycles. The lowest BCUT2D eigenvalue weighted by atomic mass is 10.0. The minimum absolute atomic E-state index is 0.0539. The van der Waals surface area contributed by atoms with Gasteiger partial charge in [0, 0.05) is 12.0 Å². The molecule has 3 N–H and O–H groups in total. The molecule has 3 rings (SSSR count). The predicted molar refractivity (Wildman–Crippen MR) is 127 cm³/mol. The first-order valence-corrected chi connectivity index (χ1v) is 11.2. The molecular weight excluding hydrogens is 483 g/mol. The van der Waals surface area contributed by atoms with Crippen molar-refractivity contribution in [2.24, 2.45) is 0 Å². The molecule has 2 amide bonds. The van der Waals surface area contributed by atoms with Gasteiger partial charge in [0.15, 0.2) is 0 Å². The van der Waals surface area contributed by atoms with Gasteiger partial charge in [-0.25, -0.2) is 9.07 Å². The summed E-state index contributed by atoms with van der Waals surface area (Å²) in [5.74, 6) is -2.73. The molecular formula is C25H25FN6O5. The van der Waals surface area contributed by atoms with Crippen LogP contribution in [0.5, 0.6) is 0 Å². The number of carboxylic acid groups (broad SMARTS) is 1. The van der Waals surface area contributed by atoms with Crippen LogP contribution in [0, 0.1) is 24.1 Å². The Morgan fingerprint density at radius 3 is 2.62 bits per heavy atom. The van der Waals surface area contributed by atoms with Crippen molar-refractivity contribution in [3.8, 4) is 6.07 Å². The van der Waals surface area contributed by atoms with Crippen LogP contribution in [-0.2, 0) is 33.9 Å². The number of amides is 2. The van der Waals surface area contributed by atoms with Gasteiger partial charge in [-0.1, -0.05) is 35.0 Å². The number of nitrogens with zero attached hydrogens (tertiary/aromatic N) is 4. The van der Waals surface area contributed by atoms with E-state index in [2.05, 4.69) is 20.9 Å². The van der Waals surface area contributed by atoms with Crippen molar-refractivity contribution in [2.45, 2.75) is 38.6 Å². The number of hydrogen-bond acceptors (Lipinski definition) is 7. The van der Waals surface area contributed by atoms with Crippen molar-refractivity contribution >= 4 is 17.8 Å². The predicted octanol–water partition coefficient (Wildman–Crippen LogP) is 1.38. The van der Waals surface area contributed by atoms with Gasteiger partial charge in [0.05, 0.1) is 25.5 Å². The second kappa shape index (κ2) is 12.9. The zero-order chi connectivity index (χ0) is 26.8. The Bertz CT molecular complexity index is 1290. The highest BCUT2D eigenvalue weighted by atomic mass is 19.1. The van der Waals surface area contributed by atoms with Crippen molar-refractivity contribution in [3.05, 3.63) is 82.9 Å². The topological polar surface area (TPSA) is 159 Å². The fourth-order valence-corrected chi connectivity index (χ4v) is 3.41. The fourth-order valence-electron chi connectivity index (χ4n) is 3.41. The second-order valence-electron chi connectivity index (χ2n) is 8.23. The number of benzene rings is 2. The third-order valence-electron chi connectivity index (χ3n) is 5.14. The van der Waals surface area contributed by atoms with Crippen LogP contribution in [0.25, 0.3) is 0 Å². The summed E-state index contributed by atoms with van der Waals surface area (Å²) < 4.78 is 19.8. The Labute approximate surface area is 211 Å². The van der Waals surface area contributed by atoms with Crippen LogP contribution in [0.2, 0.25) is 0 Å². The molecule has 192 valence electrons. The first kappa shape index (κ1) is 27.0. The maximum absolute atomic E-state index is 13.2. The number of aromatic nitrogens is 3. The maximum atomic E-state index is 13.2. The number of carboxylic acids is 1. The molecule has 1 aromatic heterocycles. The van der Waals surface area contributed by atoms with E-state index in [-0.39, 0.29) is 31.7 Å². The summed E-state index contributed by atoms with van der Waals surface area (Å²) in [4.78, 5) is 36.5. The van der Waals surface area contributed by atoms with Gasteiger partial charge < -0.3 is 20.5 Å². The molecule has 0 unspecified atom stereocenters. The van der Waals surface area contributed by atoms with Crippen LogP contribution in [-0.4, -0.2) is 56.6 Å². The monoisotopic (exact) mass is 508 g/mol. The van der Waals surface area contributed by atoms with Gasteiger partial charge in [0.2, 0.25) is 5.91 Å². The van der Waals surface area contributed by atoms with Crippen molar-refractivity contribution < 1.29 is 28.6 Å². The summed E-state index contributed by atoms with van der Waals surface area (Å²) in [7, 11) is 0. The van der Waals surface area contributed by atoms with E-state index in [0.717, 1.165) is 27.9 Å². The zero-order valence-corrected chi connectivity index (χ0v) is 19.9. The number of rotatable bonds is 12. The average molecular weight is 509 g/mol. The molecule has 0 aliphatic heterocycles. The number of ether oxygens (including phenoxy) is 1. The SMILES string of the molecule is Cc1cccc(C[C@H](NC(=O)c2ccc(F)cc2)C(=O)N[C@H](C#N)COCc2cn(CC(=O)O)nn2)c1.